The van der Waals surface area contributed by atoms with Crippen molar-refractivity contribution in [2.45, 2.75) is 38.2 Å². The third kappa shape index (κ3) is 4.30. The van der Waals surface area contributed by atoms with E-state index >= 15 is 0 Å². The number of nitrogens with one attached hydrogen (secondary N) is 1. The number of H-pyrrole nitrogens is 1. The molecule has 3 heterocycles. The molecule has 176 valence electrons. The highest BCUT2D eigenvalue weighted by Crippen LogP contribution is 2.29. The molecular formula is C24H25N5O3S2. The molecule has 0 unspecified atom stereocenters. The number of para-hydroxylation sites is 1. The van der Waals surface area contributed by atoms with Crippen molar-refractivity contribution in [1.82, 2.24) is 24.4 Å². The van der Waals surface area contributed by atoms with Gasteiger partial charge in [-0.2, -0.15) is 0 Å². The number of nitrogens with zero attached hydrogens (tertiary/aromatic N) is 4. The summed E-state index contributed by atoms with van der Waals surface area (Å²) in [5.41, 5.74) is 0.850. The number of aromatic nitrogens is 4. The van der Waals surface area contributed by atoms with Gasteiger partial charge in [-0.1, -0.05) is 30.0 Å². The summed E-state index contributed by atoms with van der Waals surface area (Å²) in [5, 5.41) is 1.51. The van der Waals surface area contributed by atoms with Crippen LogP contribution in [0.2, 0.25) is 0 Å². The number of hydrogen-bond donors (Lipinski definition) is 1. The lowest BCUT2D eigenvalue weighted by Gasteiger charge is -2.17. The van der Waals surface area contributed by atoms with Gasteiger partial charge in [0.25, 0.3) is 17.0 Å². The summed E-state index contributed by atoms with van der Waals surface area (Å²) in [6.07, 6.45) is 1.65. The molecule has 0 aliphatic heterocycles. The molecule has 8 nitrogen and oxygen atoms in total. The maximum Gasteiger partial charge on any atom is 0.264 e. The van der Waals surface area contributed by atoms with Crippen molar-refractivity contribution in [2.24, 2.45) is 0 Å². The predicted octanol–water partition coefficient (Wildman–Crippen LogP) is 3.96. The Morgan fingerprint density at radius 2 is 1.97 bits per heavy atom. The second-order valence-corrected chi connectivity index (χ2v) is 9.57. The second kappa shape index (κ2) is 9.94. The number of benzene rings is 1. The normalized spacial score (nSPS) is 11.3. The maximum atomic E-state index is 12.9. The fraction of sp³-hybridized carbons (Fsp3) is 0.292. The van der Waals surface area contributed by atoms with Crippen LogP contribution in [0.15, 0.2) is 51.7 Å². The third-order valence-corrected chi connectivity index (χ3v) is 7.73. The number of fused-ring (bicyclic) bond motifs is 2. The first-order valence-corrected chi connectivity index (χ1v) is 12.7. The quantitative estimate of drug-likeness (QED) is 0.226. The lowest BCUT2D eigenvalue weighted by atomic mass is 10.2. The molecule has 1 N–H and O–H groups in total. The standard InChI is InChI=1S/C24H25N5O3S2/c1-5-12-29-22(31)15-10-8-9-11-16(15)25-24(29)33-13-17-26-20(30)18-14(4)19(34-21(18)27-17)23(32)28(6-2)7-3/h5,8-11H,1,6-7,12-13H2,2-4H3,(H,26,27,30). The number of carbonyl (C=O) groups excluding carboxylic acids is 1. The predicted molar refractivity (Wildman–Crippen MR) is 138 cm³/mol. The van der Waals surface area contributed by atoms with Crippen LogP contribution in [0.4, 0.5) is 0 Å². The van der Waals surface area contributed by atoms with Crippen molar-refractivity contribution in [1.29, 1.82) is 0 Å². The van der Waals surface area contributed by atoms with Gasteiger partial charge in [0.1, 0.15) is 10.7 Å². The maximum absolute atomic E-state index is 12.9. The smallest absolute Gasteiger partial charge is 0.264 e. The summed E-state index contributed by atoms with van der Waals surface area (Å²) in [7, 11) is 0. The number of rotatable bonds is 8. The number of thiophene rings is 1. The van der Waals surface area contributed by atoms with Crippen LogP contribution in [-0.4, -0.2) is 43.4 Å². The molecule has 4 aromatic rings. The van der Waals surface area contributed by atoms with Crippen LogP contribution in [0.25, 0.3) is 21.1 Å². The van der Waals surface area contributed by atoms with E-state index in [-0.39, 0.29) is 17.0 Å². The third-order valence-electron chi connectivity index (χ3n) is 5.57. The van der Waals surface area contributed by atoms with Crippen LogP contribution in [-0.2, 0) is 12.3 Å². The topological polar surface area (TPSA) is 101 Å². The SMILES string of the molecule is C=CCn1c(SCc2nc3sc(C(=O)N(CC)CC)c(C)c3c(=O)[nH]2)nc2ccccc2c1=O. The second-order valence-electron chi connectivity index (χ2n) is 7.63. The van der Waals surface area contributed by atoms with E-state index in [4.69, 9.17) is 0 Å². The number of hydrogen-bond acceptors (Lipinski definition) is 7. The highest BCUT2D eigenvalue weighted by Gasteiger charge is 2.22. The van der Waals surface area contributed by atoms with Gasteiger partial charge in [-0.3, -0.25) is 19.0 Å². The lowest BCUT2D eigenvalue weighted by Crippen LogP contribution is -2.30. The van der Waals surface area contributed by atoms with Gasteiger partial charge < -0.3 is 9.88 Å². The molecule has 0 saturated heterocycles. The van der Waals surface area contributed by atoms with Gasteiger partial charge in [-0.15, -0.1) is 17.9 Å². The molecule has 1 amide bonds. The zero-order valence-electron chi connectivity index (χ0n) is 19.3. The molecule has 0 bridgehead atoms. The van der Waals surface area contributed by atoms with Crippen LogP contribution in [0.1, 0.15) is 34.9 Å². The van der Waals surface area contributed by atoms with Crippen LogP contribution >= 0.6 is 23.1 Å². The molecule has 0 aliphatic rings. The van der Waals surface area contributed by atoms with Crippen LogP contribution in [0.3, 0.4) is 0 Å². The number of thioether (sulfide) groups is 1. The Morgan fingerprint density at radius 1 is 1.24 bits per heavy atom. The fourth-order valence-electron chi connectivity index (χ4n) is 3.80. The van der Waals surface area contributed by atoms with Crippen LogP contribution in [0, 0.1) is 6.92 Å². The van der Waals surface area contributed by atoms with E-state index in [1.165, 1.54) is 23.1 Å². The van der Waals surface area contributed by atoms with Gasteiger partial charge >= 0.3 is 0 Å². The van der Waals surface area contributed by atoms with E-state index in [0.29, 0.717) is 67.9 Å². The largest absolute Gasteiger partial charge is 0.338 e. The van der Waals surface area contributed by atoms with Gasteiger partial charge in [0.15, 0.2) is 5.16 Å². The van der Waals surface area contributed by atoms with E-state index < -0.39 is 0 Å². The summed E-state index contributed by atoms with van der Waals surface area (Å²) in [5.74, 6) is 0.677. The Balaban J connectivity index is 1.70. The van der Waals surface area contributed by atoms with Gasteiger partial charge in [-0.25, -0.2) is 9.97 Å². The Morgan fingerprint density at radius 3 is 2.68 bits per heavy atom. The number of aromatic amines is 1. The minimum atomic E-state index is -0.275. The van der Waals surface area contributed by atoms with E-state index in [0.717, 1.165) is 0 Å². The van der Waals surface area contributed by atoms with Gasteiger partial charge in [0.2, 0.25) is 0 Å². The summed E-state index contributed by atoms with van der Waals surface area (Å²) < 4.78 is 1.56. The molecule has 0 spiro atoms. The van der Waals surface area contributed by atoms with Crippen molar-refractivity contribution in [3.8, 4) is 0 Å². The first kappa shape index (κ1) is 23.9. The van der Waals surface area contributed by atoms with Crippen molar-refractivity contribution < 1.29 is 4.79 Å². The average molecular weight is 496 g/mol. The molecule has 0 atom stereocenters. The summed E-state index contributed by atoms with van der Waals surface area (Å²) in [6, 6.07) is 7.20. The fourth-order valence-corrected chi connectivity index (χ4v) is 5.84. The number of aryl methyl sites for hydroxylation is 1. The Labute approximate surface area is 204 Å². The van der Waals surface area contributed by atoms with E-state index in [2.05, 4.69) is 21.5 Å². The summed E-state index contributed by atoms with van der Waals surface area (Å²) >= 11 is 2.56. The first-order valence-electron chi connectivity index (χ1n) is 10.9. The van der Waals surface area contributed by atoms with Crippen molar-refractivity contribution in [2.75, 3.05) is 13.1 Å². The van der Waals surface area contributed by atoms with Crippen molar-refractivity contribution in [3.63, 3.8) is 0 Å². The van der Waals surface area contributed by atoms with Crippen LogP contribution in [0.5, 0.6) is 0 Å². The molecule has 34 heavy (non-hydrogen) atoms. The Hall–Kier alpha value is -3.24. The van der Waals surface area contributed by atoms with Gasteiger partial charge in [-0.05, 0) is 38.5 Å². The summed E-state index contributed by atoms with van der Waals surface area (Å²) in [6.45, 7) is 10.9. The summed E-state index contributed by atoms with van der Waals surface area (Å²) in [4.78, 5) is 53.6. The minimum absolute atomic E-state index is 0.0883. The molecular weight excluding hydrogens is 470 g/mol. The average Bonchev–Trinajstić information content (AvgIpc) is 3.17. The zero-order chi connectivity index (χ0) is 24.4. The first-order chi connectivity index (χ1) is 16.4. The molecule has 0 radical (unpaired) electrons. The van der Waals surface area contributed by atoms with E-state index in [1.54, 1.807) is 34.6 Å². The van der Waals surface area contributed by atoms with Crippen molar-refractivity contribution >= 4 is 50.1 Å². The zero-order valence-corrected chi connectivity index (χ0v) is 20.9. The number of amides is 1. The lowest BCUT2D eigenvalue weighted by molar-refractivity contribution is 0.0777. The number of carbonyl (C=O) groups is 1. The van der Waals surface area contributed by atoms with E-state index in [9.17, 15) is 14.4 Å². The molecule has 10 heteroatoms. The highest BCUT2D eigenvalue weighted by atomic mass is 32.2. The van der Waals surface area contributed by atoms with E-state index in [1.807, 2.05) is 26.0 Å². The molecule has 3 aromatic heterocycles. The van der Waals surface area contributed by atoms with Crippen molar-refractivity contribution in [3.05, 3.63) is 73.9 Å². The monoisotopic (exact) mass is 495 g/mol. The Bertz CT molecular complexity index is 1520. The van der Waals surface area contributed by atoms with Crippen LogP contribution < -0.4 is 11.1 Å². The minimum Gasteiger partial charge on any atom is -0.338 e. The number of allylic oxidation sites excluding steroid dienone is 1. The van der Waals surface area contributed by atoms with Gasteiger partial charge in [0, 0.05) is 19.6 Å². The molecule has 0 aliphatic carbocycles. The Kier molecular flexibility index (Phi) is 6.99. The molecule has 0 fully saturated rings. The molecule has 4 rings (SSSR count). The molecule has 1 aromatic carbocycles. The molecule has 0 saturated carbocycles. The van der Waals surface area contributed by atoms with Gasteiger partial charge in [0.05, 0.1) is 26.9 Å². The highest BCUT2D eigenvalue weighted by molar-refractivity contribution is 7.98.